The smallest absolute Gasteiger partial charge is 0.271 e. The van der Waals surface area contributed by atoms with E-state index in [-0.39, 0.29) is 23.0 Å². The third kappa shape index (κ3) is 4.41. The third-order valence-electron chi connectivity index (χ3n) is 6.56. The molecule has 2 aromatic rings. The van der Waals surface area contributed by atoms with Crippen LogP contribution in [0.25, 0.3) is 0 Å². The quantitative estimate of drug-likeness (QED) is 0.575. The number of para-hydroxylation sites is 1. The maximum Gasteiger partial charge on any atom is 0.271 e. The van der Waals surface area contributed by atoms with Crippen LogP contribution >= 0.6 is 11.8 Å². The highest BCUT2D eigenvalue weighted by Gasteiger charge is 2.44. The summed E-state index contributed by atoms with van der Waals surface area (Å²) < 4.78 is 0. The van der Waals surface area contributed by atoms with Crippen LogP contribution in [0.4, 0.5) is 11.4 Å². The average molecular weight is 477 g/mol. The molecule has 0 saturated carbocycles. The average Bonchev–Trinajstić information content (AvgIpc) is 3.16. The molecule has 0 fully saturated rings. The van der Waals surface area contributed by atoms with Gasteiger partial charge in [-0.25, -0.2) is 4.99 Å². The van der Waals surface area contributed by atoms with E-state index in [2.05, 4.69) is 43.2 Å². The number of nitrogens with zero attached hydrogens (tertiary/aromatic N) is 3. The number of benzene rings is 2. The van der Waals surface area contributed by atoms with Crippen molar-refractivity contribution < 1.29 is 9.59 Å². The zero-order valence-corrected chi connectivity index (χ0v) is 21.5. The molecular weight excluding hydrogens is 444 g/mol. The Morgan fingerprint density at radius 3 is 2.41 bits per heavy atom. The van der Waals surface area contributed by atoms with Crippen molar-refractivity contribution in [3.05, 3.63) is 58.7 Å². The van der Waals surface area contributed by atoms with Gasteiger partial charge in [-0.15, -0.1) is 0 Å². The molecule has 4 rings (SSSR count). The van der Waals surface area contributed by atoms with Crippen LogP contribution in [0.2, 0.25) is 0 Å². The molecule has 2 heterocycles. The van der Waals surface area contributed by atoms with Gasteiger partial charge >= 0.3 is 0 Å². The Bertz CT molecular complexity index is 1180. The molecular formula is C27H32N4O2S. The number of aliphatic imine (C=N–C) groups is 2. The monoisotopic (exact) mass is 476 g/mol. The lowest BCUT2D eigenvalue weighted by Crippen LogP contribution is -2.47. The molecule has 0 aromatic heterocycles. The molecule has 34 heavy (non-hydrogen) atoms. The van der Waals surface area contributed by atoms with E-state index < -0.39 is 6.04 Å². The minimum atomic E-state index is -0.401. The minimum absolute atomic E-state index is 0.0618. The third-order valence-corrected chi connectivity index (χ3v) is 7.89. The van der Waals surface area contributed by atoms with Gasteiger partial charge in [0.2, 0.25) is 5.91 Å². The van der Waals surface area contributed by atoms with E-state index in [1.165, 1.54) is 17.3 Å². The summed E-state index contributed by atoms with van der Waals surface area (Å²) in [5.74, 6) is 0.548. The predicted octanol–water partition coefficient (Wildman–Crippen LogP) is 5.77. The highest BCUT2D eigenvalue weighted by atomic mass is 32.2. The van der Waals surface area contributed by atoms with Gasteiger partial charge < -0.3 is 5.32 Å². The lowest BCUT2D eigenvalue weighted by molar-refractivity contribution is -0.120. The van der Waals surface area contributed by atoms with Crippen LogP contribution in [0.15, 0.2) is 46.4 Å². The van der Waals surface area contributed by atoms with Crippen molar-refractivity contribution in [2.24, 2.45) is 15.9 Å². The molecule has 7 heteroatoms. The lowest BCUT2D eigenvalue weighted by atomic mass is 9.97. The van der Waals surface area contributed by atoms with Gasteiger partial charge in [0.25, 0.3) is 5.91 Å². The topological polar surface area (TPSA) is 74.1 Å². The van der Waals surface area contributed by atoms with E-state index in [1.807, 2.05) is 49.9 Å². The zero-order valence-electron chi connectivity index (χ0n) is 20.7. The van der Waals surface area contributed by atoms with E-state index >= 15 is 0 Å². The van der Waals surface area contributed by atoms with Gasteiger partial charge in [-0.2, -0.15) is 4.99 Å². The first-order chi connectivity index (χ1) is 16.2. The summed E-state index contributed by atoms with van der Waals surface area (Å²) in [7, 11) is 0. The van der Waals surface area contributed by atoms with E-state index in [1.54, 1.807) is 0 Å². The Kier molecular flexibility index (Phi) is 6.94. The number of fused-ring (bicyclic) bond motifs is 3. The van der Waals surface area contributed by atoms with Gasteiger partial charge in [0, 0.05) is 11.3 Å². The molecule has 1 N–H and O–H groups in total. The number of thioether (sulfide) groups is 1. The molecule has 0 aliphatic carbocycles. The van der Waals surface area contributed by atoms with Gasteiger partial charge in [-0.05, 0) is 56.4 Å². The number of hydrogen-bond donors (Lipinski definition) is 1. The maximum atomic E-state index is 13.4. The van der Waals surface area contributed by atoms with Crippen molar-refractivity contribution in [3.8, 4) is 0 Å². The van der Waals surface area contributed by atoms with E-state index in [0.717, 1.165) is 34.5 Å². The fraction of sp³-hybridized carbons (Fsp3) is 0.407. The normalized spacial score (nSPS) is 18.6. The molecule has 3 unspecified atom stereocenters. The minimum Gasteiger partial charge on any atom is -0.325 e. The van der Waals surface area contributed by atoms with Crippen LogP contribution in [0.5, 0.6) is 0 Å². The number of anilines is 1. The molecule has 178 valence electrons. The molecule has 0 bridgehead atoms. The number of rotatable bonds is 6. The number of amides is 2. The largest absolute Gasteiger partial charge is 0.325 e. The molecule has 2 aromatic carbocycles. The second kappa shape index (κ2) is 9.74. The fourth-order valence-corrected chi connectivity index (χ4v) is 5.67. The van der Waals surface area contributed by atoms with E-state index in [9.17, 15) is 9.59 Å². The van der Waals surface area contributed by atoms with Crippen molar-refractivity contribution in [1.29, 1.82) is 0 Å². The second-order valence-corrected chi connectivity index (χ2v) is 10.3. The molecule has 0 radical (unpaired) electrons. The van der Waals surface area contributed by atoms with Crippen molar-refractivity contribution >= 4 is 46.0 Å². The van der Waals surface area contributed by atoms with Crippen molar-refractivity contribution in [1.82, 2.24) is 4.90 Å². The molecule has 3 atom stereocenters. The summed E-state index contributed by atoms with van der Waals surface area (Å²) in [5, 5.41) is 3.45. The molecule has 2 aliphatic heterocycles. The number of nitrogens with one attached hydrogen (secondary N) is 1. The Balaban J connectivity index is 1.66. The van der Waals surface area contributed by atoms with Gasteiger partial charge in [0.1, 0.15) is 11.9 Å². The Morgan fingerprint density at radius 2 is 1.76 bits per heavy atom. The lowest BCUT2D eigenvalue weighted by Gasteiger charge is -2.34. The first kappa shape index (κ1) is 24.2. The SMILES string of the molecule is CCC(SC1=Nc2ccccc2C2=NC(=O)C(C(C)CC)N12)C(=O)Nc1c(C)cc(C)cc1C. The number of carbonyl (C=O) groups excluding carboxylic acids is 2. The van der Waals surface area contributed by atoms with Crippen LogP contribution < -0.4 is 5.32 Å². The summed E-state index contributed by atoms with van der Waals surface area (Å²) in [6.45, 7) is 12.2. The Morgan fingerprint density at radius 1 is 1.09 bits per heavy atom. The van der Waals surface area contributed by atoms with E-state index in [4.69, 9.17) is 4.99 Å². The summed E-state index contributed by atoms with van der Waals surface area (Å²) in [5.41, 5.74) is 5.76. The Labute approximate surface area is 205 Å². The van der Waals surface area contributed by atoms with Crippen LogP contribution in [-0.4, -0.2) is 39.0 Å². The number of hydrogen-bond acceptors (Lipinski definition) is 5. The molecule has 0 saturated heterocycles. The van der Waals surface area contributed by atoms with Crippen LogP contribution in [0.3, 0.4) is 0 Å². The van der Waals surface area contributed by atoms with Gasteiger partial charge in [0.05, 0.1) is 10.9 Å². The maximum absolute atomic E-state index is 13.4. The first-order valence-electron chi connectivity index (χ1n) is 11.9. The standard InChI is InChI=1S/C27H32N4O2S/c1-7-16(4)23-26(33)30-24-19-11-9-10-12-20(19)28-27(31(23)24)34-21(8-2)25(32)29-22-17(5)13-15(3)14-18(22)6/h9-14,16,21,23H,7-8H2,1-6H3,(H,29,32). The van der Waals surface area contributed by atoms with Crippen molar-refractivity contribution in [3.63, 3.8) is 0 Å². The first-order valence-corrected chi connectivity index (χ1v) is 12.8. The van der Waals surface area contributed by atoms with Crippen molar-refractivity contribution in [2.75, 3.05) is 5.32 Å². The van der Waals surface area contributed by atoms with Crippen LogP contribution in [0, 0.1) is 26.7 Å². The summed E-state index contributed by atoms with van der Waals surface area (Å²) in [4.78, 5) is 37.6. The molecule has 0 spiro atoms. The summed E-state index contributed by atoms with van der Waals surface area (Å²) in [6, 6.07) is 11.5. The summed E-state index contributed by atoms with van der Waals surface area (Å²) in [6.07, 6.45) is 1.47. The highest BCUT2D eigenvalue weighted by molar-refractivity contribution is 8.15. The molecule has 6 nitrogen and oxygen atoms in total. The predicted molar refractivity (Wildman–Crippen MR) is 141 cm³/mol. The van der Waals surface area contributed by atoms with Crippen LogP contribution in [-0.2, 0) is 9.59 Å². The van der Waals surface area contributed by atoms with Gasteiger partial charge in [0.15, 0.2) is 5.17 Å². The summed E-state index contributed by atoms with van der Waals surface area (Å²) >= 11 is 1.41. The zero-order chi connectivity index (χ0) is 24.6. The number of amidine groups is 2. The number of carbonyl (C=O) groups is 2. The van der Waals surface area contributed by atoms with Crippen molar-refractivity contribution in [2.45, 2.75) is 65.7 Å². The van der Waals surface area contributed by atoms with E-state index in [0.29, 0.717) is 17.4 Å². The fourth-order valence-electron chi connectivity index (χ4n) is 4.62. The highest BCUT2D eigenvalue weighted by Crippen LogP contribution is 2.38. The molecule has 2 amide bonds. The van der Waals surface area contributed by atoms with Gasteiger partial charge in [-0.1, -0.05) is 68.8 Å². The van der Waals surface area contributed by atoms with Crippen LogP contribution in [0.1, 0.15) is 55.9 Å². The molecule has 2 aliphatic rings. The Hall–Kier alpha value is -2.93. The van der Waals surface area contributed by atoms with Gasteiger partial charge in [-0.3, -0.25) is 14.5 Å². The number of aryl methyl sites for hydroxylation is 3. The second-order valence-electron chi connectivity index (χ2n) is 9.16.